The highest BCUT2D eigenvalue weighted by Gasteiger charge is 2.13. The number of nitrogens with zero attached hydrogens (tertiary/aromatic N) is 1. The Balaban J connectivity index is 1.67. The van der Waals surface area contributed by atoms with Crippen LogP contribution in [0.1, 0.15) is 10.4 Å². The Morgan fingerprint density at radius 1 is 1.08 bits per heavy atom. The Morgan fingerprint density at radius 3 is 2.42 bits per heavy atom. The maximum absolute atomic E-state index is 13.9. The van der Waals surface area contributed by atoms with Crippen LogP contribution < -0.4 is 14.8 Å². The zero-order chi connectivity index (χ0) is 18.5. The van der Waals surface area contributed by atoms with Crippen LogP contribution >= 0.6 is 11.6 Å². The number of halogens is 2. The minimum atomic E-state index is -0.669. The second-order valence-electron chi connectivity index (χ2n) is 5.24. The third-order valence-electron chi connectivity index (χ3n) is 3.45. The van der Waals surface area contributed by atoms with E-state index >= 15 is 0 Å². The molecule has 7 heteroatoms. The van der Waals surface area contributed by atoms with Crippen LogP contribution in [0.2, 0.25) is 5.02 Å². The Labute approximate surface area is 154 Å². The average molecular weight is 373 g/mol. The zero-order valence-electron chi connectivity index (χ0n) is 13.7. The first-order valence-electron chi connectivity index (χ1n) is 7.59. The van der Waals surface area contributed by atoms with Gasteiger partial charge in [-0.05, 0) is 42.5 Å². The Hall–Kier alpha value is -3.12. The van der Waals surface area contributed by atoms with Gasteiger partial charge >= 0.3 is 0 Å². The van der Waals surface area contributed by atoms with Gasteiger partial charge in [-0.2, -0.15) is 0 Å². The van der Waals surface area contributed by atoms with E-state index in [0.717, 1.165) is 6.07 Å². The summed E-state index contributed by atoms with van der Waals surface area (Å²) in [6.45, 7) is 0. The van der Waals surface area contributed by atoms with Gasteiger partial charge in [-0.25, -0.2) is 9.37 Å². The number of aromatic nitrogens is 1. The molecule has 0 aliphatic heterocycles. The molecule has 0 unspecified atom stereocenters. The van der Waals surface area contributed by atoms with Crippen LogP contribution in [0.3, 0.4) is 0 Å². The second-order valence-corrected chi connectivity index (χ2v) is 5.68. The molecule has 0 fully saturated rings. The second kappa shape index (κ2) is 7.84. The highest BCUT2D eigenvalue weighted by molar-refractivity contribution is 6.30. The van der Waals surface area contributed by atoms with E-state index in [-0.39, 0.29) is 5.56 Å². The van der Waals surface area contributed by atoms with Gasteiger partial charge < -0.3 is 14.8 Å². The minimum Gasteiger partial charge on any atom is -0.497 e. The van der Waals surface area contributed by atoms with Crippen molar-refractivity contribution in [3.8, 4) is 17.4 Å². The molecule has 0 saturated heterocycles. The lowest BCUT2D eigenvalue weighted by Crippen LogP contribution is -2.14. The van der Waals surface area contributed by atoms with Crippen molar-refractivity contribution in [2.75, 3.05) is 12.4 Å². The fourth-order valence-corrected chi connectivity index (χ4v) is 2.27. The molecule has 0 aliphatic carbocycles. The Bertz CT molecular complexity index is 915. The van der Waals surface area contributed by atoms with Crippen LogP contribution in [-0.2, 0) is 0 Å². The Kier molecular flexibility index (Phi) is 5.34. The van der Waals surface area contributed by atoms with Gasteiger partial charge in [0.25, 0.3) is 5.91 Å². The lowest BCUT2D eigenvalue weighted by atomic mass is 10.2. The van der Waals surface area contributed by atoms with Crippen LogP contribution in [0.25, 0.3) is 0 Å². The summed E-state index contributed by atoms with van der Waals surface area (Å²) in [6, 6.07) is 14.1. The molecule has 1 amide bonds. The van der Waals surface area contributed by atoms with E-state index < -0.39 is 11.7 Å². The molecule has 3 aromatic rings. The maximum atomic E-state index is 13.9. The summed E-state index contributed by atoms with van der Waals surface area (Å²) in [5.74, 6) is 0.0141. The van der Waals surface area contributed by atoms with Gasteiger partial charge in [-0.1, -0.05) is 11.6 Å². The van der Waals surface area contributed by atoms with Gasteiger partial charge in [-0.15, -0.1) is 0 Å². The van der Waals surface area contributed by atoms with Crippen molar-refractivity contribution in [2.45, 2.75) is 0 Å². The Morgan fingerprint density at radius 2 is 1.81 bits per heavy atom. The summed E-state index contributed by atoms with van der Waals surface area (Å²) >= 11 is 5.82. The number of carbonyl (C=O) groups excluding carboxylic acids is 1. The molecule has 0 atom stereocenters. The quantitative estimate of drug-likeness (QED) is 0.690. The van der Waals surface area contributed by atoms with Crippen LogP contribution in [0.15, 0.2) is 60.8 Å². The van der Waals surface area contributed by atoms with E-state index in [0.29, 0.717) is 28.1 Å². The highest BCUT2D eigenvalue weighted by atomic mass is 35.5. The van der Waals surface area contributed by atoms with E-state index in [1.54, 1.807) is 36.4 Å². The van der Waals surface area contributed by atoms with Gasteiger partial charge in [0.15, 0.2) is 0 Å². The fourth-order valence-electron chi connectivity index (χ4n) is 2.14. The number of hydrogen-bond donors (Lipinski definition) is 1. The van der Waals surface area contributed by atoms with Crippen LogP contribution in [0.5, 0.6) is 17.4 Å². The number of rotatable bonds is 5. The van der Waals surface area contributed by atoms with Crippen LogP contribution in [-0.4, -0.2) is 18.0 Å². The van der Waals surface area contributed by atoms with Crippen molar-refractivity contribution in [2.24, 2.45) is 0 Å². The molecule has 26 heavy (non-hydrogen) atoms. The van der Waals surface area contributed by atoms with Gasteiger partial charge in [0.1, 0.15) is 17.3 Å². The summed E-state index contributed by atoms with van der Waals surface area (Å²) in [4.78, 5) is 16.3. The summed E-state index contributed by atoms with van der Waals surface area (Å²) in [5, 5.41) is 3.19. The molecule has 0 radical (unpaired) electrons. The summed E-state index contributed by atoms with van der Waals surface area (Å²) < 4.78 is 24.4. The van der Waals surface area contributed by atoms with Crippen molar-refractivity contribution in [3.63, 3.8) is 0 Å². The van der Waals surface area contributed by atoms with Gasteiger partial charge in [0.2, 0.25) is 5.88 Å². The van der Waals surface area contributed by atoms with E-state index in [9.17, 15) is 9.18 Å². The molecule has 3 rings (SSSR count). The van der Waals surface area contributed by atoms with Gasteiger partial charge in [-0.3, -0.25) is 4.79 Å². The number of ether oxygens (including phenoxy) is 2. The number of amides is 1. The first-order chi connectivity index (χ1) is 12.5. The number of anilines is 1. The zero-order valence-corrected chi connectivity index (χ0v) is 14.5. The topological polar surface area (TPSA) is 60.5 Å². The molecule has 2 aromatic carbocycles. The lowest BCUT2D eigenvalue weighted by molar-refractivity contribution is 0.102. The number of nitrogens with one attached hydrogen (secondary N) is 1. The molecule has 1 N–H and O–H groups in total. The molecular formula is C19H14ClFN2O3. The number of methoxy groups -OCH3 is 1. The van der Waals surface area contributed by atoms with E-state index in [2.05, 4.69) is 10.3 Å². The third kappa shape index (κ3) is 4.29. The van der Waals surface area contributed by atoms with Gasteiger partial charge in [0.05, 0.1) is 24.6 Å². The summed E-state index contributed by atoms with van der Waals surface area (Å²) in [7, 11) is 1.42. The van der Waals surface area contributed by atoms with E-state index in [4.69, 9.17) is 21.1 Å². The molecule has 0 spiro atoms. The molecule has 0 aliphatic rings. The lowest BCUT2D eigenvalue weighted by Gasteiger charge is -2.08. The molecule has 1 aromatic heterocycles. The standard InChI is InChI=1S/C19H14ClFN2O3/c1-25-15-7-8-16(17(21)10-15)19(24)23-13-4-9-18(22-11-13)26-14-5-2-12(20)3-6-14/h2-11H,1H3,(H,23,24). The van der Waals surface area contributed by atoms with Crippen molar-refractivity contribution < 1.29 is 18.7 Å². The predicted molar refractivity (Wildman–Crippen MR) is 96.7 cm³/mol. The molecule has 0 bridgehead atoms. The van der Waals surface area contributed by atoms with Crippen molar-refractivity contribution in [1.29, 1.82) is 0 Å². The molecule has 1 heterocycles. The van der Waals surface area contributed by atoms with Crippen molar-refractivity contribution in [3.05, 3.63) is 77.2 Å². The third-order valence-corrected chi connectivity index (χ3v) is 3.70. The average Bonchev–Trinajstić information content (AvgIpc) is 2.65. The maximum Gasteiger partial charge on any atom is 0.258 e. The largest absolute Gasteiger partial charge is 0.497 e. The normalized spacial score (nSPS) is 10.3. The fraction of sp³-hybridized carbons (Fsp3) is 0.0526. The smallest absolute Gasteiger partial charge is 0.258 e. The first-order valence-corrected chi connectivity index (χ1v) is 7.97. The monoisotopic (exact) mass is 372 g/mol. The molecule has 5 nitrogen and oxygen atoms in total. The SMILES string of the molecule is COc1ccc(C(=O)Nc2ccc(Oc3ccc(Cl)cc3)nc2)c(F)c1. The molecule has 132 valence electrons. The number of hydrogen-bond acceptors (Lipinski definition) is 4. The predicted octanol–water partition coefficient (Wildman–Crippen LogP) is 4.93. The number of benzene rings is 2. The summed E-state index contributed by atoms with van der Waals surface area (Å²) in [5.41, 5.74) is 0.320. The summed E-state index contributed by atoms with van der Waals surface area (Å²) in [6.07, 6.45) is 1.42. The minimum absolute atomic E-state index is 0.0905. The van der Waals surface area contributed by atoms with E-state index in [1.807, 2.05) is 0 Å². The highest BCUT2D eigenvalue weighted by Crippen LogP contribution is 2.23. The van der Waals surface area contributed by atoms with Crippen molar-refractivity contribution in [1.82, 2.24) is 4.98 Å². The van der Waals surface area contributed by atoms with Crippen LogP contribution in [0, 0.1) is 5.82 Å². The van der Waals surface area contributed by atoms with E-state index in [1.165, 1.54) is 25.4 Å². The number of pyridine rings is 1. The number of carbonyl (C=O) groups is 1. The van der Waals surface area contributed by atoms with Crippen LogP contribution in [0.4, 0.5) is 10.1 Å². The first kappa shape index (κ1) is 17.7. The molecular weight excluding hydrogens is 359 g/mol. The van der Waals surface area contributed by atoms with Crippen molar-refractivity contribution >= 4 is 23.2 Å². The van der Waals surface area contributed by atoms with Gasteiger partial charge in [0, 0.05) is 17.2 Å². The molecule has 0 saturated carbocycles.